The molecule has 0 N–H and O–H groups in total. The van der Waals surface area contributed by atoms with Crippen LogP contribution in [0.2, 0.25) is 0 Å². The largest absolute Gasteiger partial charge is 0.476 e. The Morgan fingerprint density at radius 3 is 1.95 bits per heavy atom. The van der Waals surface area contributed by atoms with Gasteiger partial charge in [-0.25, -0.2) is 4.57 Å². The number of hydrogen-bond acceptors (Lipinski definition) is 5. The summed E-state index contributed by atoms with van der Waals surface area (Å²) >= 11 is 0. The maximum atomic E-state index is 12.4. The fourth-order valence-electron chi connectivity index (χ4n) is 1.30. The number of rotatable bonds is 12. The number of phosphoric ester groups is 1. The van der Waals surface area contributed by atoms with Gasteiger partial charge in [-0.3, -0.25) is 13.6 Å². The van der Waals surface area contributed by atoms with Gasteiger partial charge in [0.15, 0.2) is 6.10 Å². The normalized spacial score (nSPS) is 13.2. The number of nitriles is 1. The molecule has 19 heavy (non-hydrogen) atoms. The Hall–Kier alpha value is -0.400. The Balaban J connectivity index is 4.45. The van der Waals surface area contributed by atoms with E-state index >= 15 is 0 Å². The third-order valence-electron chi connectivity index (χ3n) is 2.45. The molecule has 0 saturated heterocycles. The predicted octanol–water partition coefficient (Wildman–Crippen LogP) is 4.44. The summed E-state index contributed by atoms with van der Waals surface area (Å²) in [6.45, 7) is 6.62. The second-order valence-electron chi connectivity index (χ2n) is 4.33. The molecule has 0 aromatic carbocycles. The van der Waals surface area contributed by atoms with E-state index in [1.807, 2.05) is 26.8 Å². The van der Waals surface area contributed by atoms with Crippen molar-refractivity contribution in [2.75, 3.05) is 13.2 Å². The molecule has 6 heteroatoms. The van der Waals surface area contributed by atoms with Crippen molar-refractivity contribution in [2.45, 2.75) is 65.4 Å². The van der Waals surface area contributed by atoms with Gasteiger partial charge in [0.25, 0.3) is 0 Å². The van der Waals surface area contributed by atoms with Crippen LogP contribution in [0.3, 0.4) is 0 Å². The van der Waals surface area contributed by atoms with Gasteiger partial charge in [-0.2, -0.15) is 5.26 Å². The number of nitrogens with zero attached hydrogens (tertiary/aromatic N) is 1. The summed E-state index contributed by atoms with van der Waals surface area (Å²) in [4.78, 5) is 0. The van der Waals surface area contributed by atoms with Crippen LogP contribution in [0.25, 0.3) is 0 Å². The van der Waals surface area contributed by atoms with Crippen LogP contribution in [0.5, 0.6) is 0 Å². The smallest absolute Gasteiger partial charge is 0.287 e. The van der Waals surface area contributed by atoms with Gasteiger partial charge in [0, 0.05) is 0 Å². The van der Waals surface area contributed by atoms with E-state index in [9.17, 15) is 4.57 Å². The summed E-state index contributed by atoms with van der Waals surface area (Å²) < 4.78 is 28.2. The number of unbranched alkanes of at least 4 members (excludes halogenated alkanes) is 2. The zero-order valence-electron chi connectivity index (χ0n) is 12.3. The van der Waals surface area contributed by atoms with Gasteiger partial charge in [0.05, 0.1) is 19.3 Å². The summed E-state index contributed by atoms with van der Waals surface area (Å²) in [5.74, 6) is 0. The van der Waals surface area contributed by atoms with Crippen molar-refractivity contribution in [1.82, 2.24) is 0 Å². The zero-order chi connectivity index (χ0) is 14.6. The molecule has 0 rings (SSSR count). The van der Waals surface area contributed by atoms with Gasteiger partial charge in [-0.05, 0) is 19.3 Å². The zero-order valence-corrected chi connectivity index (χ0v) is 13.2. The van der Waals surface area contributed by atoms with E-state index in [1.54, 1.807) is 0 Å². The van der Waals surface area contributed by atoms with Crippen LogP contribution in [0.1, 0.15) is 59.3 Å². The highest BCUT2D eigenvalue weighted by molar-refractivity contribution is 7.48. The lowest BCUT2D eigenvalue weighted by molar-refractivity contribution is 0.0911. The first-order valence-electron chi connectivity index (χ1n) is 7.09. The summed E-state index contributed by atoms with van der Waals surface area (Å²) in [5, 5.41) is 8.96. The van der Waals surface area contributed by atoms with Crippen molar-refractivity contribution in [3.63, 3.8) is 0 Å². The number of phosphoric acid groups is 1. The lowest BCUT2D eigenvalue weighted by Crippen LogP contribution is -2.12. The minimum Gasteiger partial charge on any atom is -0.287 e. The van der Waals surface area contributed by atoms with Crippen molar-refractivity contribution in [3.05, 3.63) is 0 Å². The van der Waals surface area contributed by atoms with Gasteiger partial charge >= 0.3 is 7.82 Å². The molecule has 112 valence electrons. The highest BCUT2D eigenvalue weighted by Gasteiger charge is 2.30. The van der Waals surface area contributed by atoms with Crippen molar-refractivity contribution in [3.8, 4) is 6.07 Å². The van der Waals surface area contributed by atoms with Crippen LogP contribution in [0.4, 0.5) is 0 Å². The lowest BCUT2D eigenvalue weighted by atomic mass is 10.2. The lowest BCUT2D eigenvalue weighted by Gasteiger charge is -2.20. The molecular formula is C13H26NO4P. The highest BCUT2D eigenvalue weighted by Crippen LogP contribution is 2.51. The van der Waals surface area contributed by atoms with Crippen LogP contribution >= 0.6 is 7.82 Å². The molecule has 0 spiro atoms. The van der Waals surface area contributed by atoms with Crippen LogP contribution in [-0.2, 0) is 18.1 Å². The average molecular weight is 291 g/mol. The summed E-state index contributed by atoms with van der Waals surface area (Å²) in [6, 6.07) is 1.99. The molecule has 0 aliphatic heterocycles. The molecule has 0 heterocycles. The predicted molar refractivity (Wildman–Crippen MR) is 74.7 cm³/mol. The monoisotopic (exact) mass is 291 g/mol. The SMILES string of the molecule is CCCCOP(=O)(OCCCC)O[C@H](C#N)CCC. The third-order valence-corrected chi connectivity index (χ3v) is 3.96. The summed E-state index contributed by atoms with van der Waals surface area (Å²) in [7, 11) is -3.60. The molecule has 1 atom stereocenters. The Morgan fingerprint density at radius 1 is 1.05 bits per heavy atom. The van der Waals surface area contributed by atoms with E-state index in [-0.39, 0.29) is 0 Å². The molecule has 0 saturated carbocycles. The molecule has 0 aliphatic carbocycles. The Bertz CT molecular complexity index is 290. The van der Waals surface area contributed by atoms with Gasteiger partial charge in [-0.1, -0.05) is 40.0 Å². The topological polar surface area (TPSA) is 68.6 Å². The summed E-state index contributed by atoms with van der Waals surface area (Å²) in [5.41, 5.74) is 0. The Morgan fingerprint density at radius 2 is 1.58 bits per heavy atom. The molecule has 0 amide bonds. The fraction of sp³-hybridized carbons (Fsp3) is 0.923. The van der Waals surface area contributed by atoms with Gasteiger partial charge in [0.1, 0.15) is 0 Å². The average Bonchev–Trinajstić information content (AvgIpc) is 2.39. The Kier molecular flexibility index (Phi) is 11.2. The van der Waals surface area contributed by atoms with Gasteiger partial charge in [0.2, 0.25) is 0 Å². The van der Waals surface area contributed by atoms with E-state index in [4.69, 9.17) is 18.8 Å². The van der Waals surface area contributed by atoms with E-state index in [1.165, 1.54) is 0 Å². The molecular weight excluding hydrogens is 265 g/mol. The molecule has 0 aromatic rings. The fourth-order valence-corrected chi connectivity index (χ4v) is 2.66. The van der Waals surface area contributed by atoms with Crippen LogP contribution in [-0.4, -0.2) is 19.3 Å². The van der Waals surface area contributed by atoms with Gasteiger partial charge in [-0.15, -0.1) is 0 Å². The maximum Gasteiger partial charge on any atom is 0.476 e. The van der Waals surface area contributed by atoms with E-state index in [0.717, 1.165) is 32.1 Å². The Labute approximate surface area is 116 Å². The maximum absolute atomic E-state index is 12.4. The van der Waals surface area contributed by atoms with Gasteiger partial charge < -0.3 is 0 Å². The van der Waals surface area contributed by atoms with E-state index < -0.39 is 13.9 Å². The van der Waals surface area contributed by atoms with Crippen LogP contribution < -0.4 is 0 Å². The first-order valence-corrected chi connectivity index (χ1v) is 8.55. The second kappa shape index (κ2) is 11.4. The molecule has 5 nitrogen and oxygen atoms in total. The van der Waals surface area contributed by atoms with Crippen LogP contribution in [0.15, 0.2) is 0 Å². The van der Waals surface area contributed by atoms with Crippen molar-refractivity contribution in [2.24, 2.45) is 0 Å². The number of hydrogen-bond donors (Lipinski definition) is 0. The van der Waals surface area contributed by atoms with Crippen LogP contribution in [0, 0.1) is 11.3 Å². The quantitative estimate of drug-likeness (QED) is 0.393. The second-order valence-corrected chi connectivity index (χ2v) is 5.95. The molecule has 0 fully saturated rings. The molecule has 0 aromatic heterocycles. The standard InChI is InChI=1S/C13H26NO4P/c1-4-7-10-16-19(15,17-11-8-5-2)18-13(12-14)9-6-3/h13H,4-11H2,1-3H3/t13-/m0/s1. The van der Waals surface area contributed by atoms with Crippen molar-refractivity contribution in [1.29, 1.82) is 5.26 Å². The molecule has 0 bridgehead atoms. The summed E-state index contributed by atoms with van der Waals surface area (Å²) in [6.07, 6.45) is 4.01. The molecule has 0 unspecified atom stereocenters. The first kappa shape index (κ1) is 18.6. The first-order chi connectivity index (χ1) is 9.11. The van der Waals surface area contributed by atoms with E-state index in [0.29, 0.717) is 19.6 Å². The van der Waals surface area contributed by atoms with E-state index in [2.05, 4.69) is 0 Å². The third kappa shape index (κ3) is 9.18. The molecule has 0 radical (unpaired) electrons. The van der Waals surface area contributed by atoms with Crippen molar-refractivity contribution < 1.29 is 18.1 Å². The van der Waals surface area contributed by atoms with Crippen molar-refractivity contribution >= 4 is 7.82 Å². The molecule has 0 aliphatic rings. The minimum absolute atomic E-state index is 0.324. The minimum atomic E-state index is -3.60. The highest BCUT2D eigenvalue weighted by atomic mass is 31.2.